The van der Waals surface area contributed by atoms with E-state index in [1.165, 1.54) is 90.8 Å². The van der Waals surface area contributed by atoms with Crippen molar-refractivity contribution >= 4 is 11.4 Å². The fraction of sp³-hybridized carbons (Fsp3) is 0.600. The highest BCUT2D eigenvalue weighted by atomic mass is 14.9. The molecule has 2 nitrogen and oxygen atoms in total. The van der Waals surface area contributed by atoms with Crippen LogP contribution in [-0.4, -0.2) is 0 Å². The minimum absolute atomic E-state index is 1.07. The Morgan fingerprint density at radius 2 is 1.07 bits per heavy atom. The zero-order valence-electron chi connectivity index (χ0n) is 18.1. The van der Waals surface area contributed by atoms with Gasteiger partial charge >= 0.3 is 0 Å². The zero-order valence-corrected chi connectivity index (χ0v) is 18.1. The maximum absolute atomic E-state index is 3.88. The van der Waals surface area contributed by atoms with Crippen LogP contribution in [0.15, 0.2) is 28.6 Å². The highest BCUT2D eigenvalue weighted by Crippen LogP contribution is 2.37. The summed E-state index contributed by atoms with van der Waals surface area (Å²) in [7, 11) is 0. The summed E-state index contributed by atoms with van der Waals surface area (Å²) >= 11 is 0. The van der Waals surface area contributed by atoms with E-state index in [-0.39, 0.29) is 0 Å². The number of anilines is 2. The maximum atomic E-state index is 3.88. The quantitative estimate of drug-likeness (QED) is 0.540. The van der Waals surface area contributed by atoms with E-state index in [0.29, 0.717) is 0 Å². The Kier molecular flexibility index (Phi) is 6.68. The summed E-state index contributed by atoms with van der Waals surface area (Å²) in [6.45, 7) is 11.5. The lowest BCUT2D eigenvalue weighted by atomic mass is 9.93. The molecule has 0 spiro atoms. The van der Waals surface area contributed by atoms with Crippen molar-refractivity contribution in [1.29, 1.82) is 0 Å². The topological polar surface area (TPSA) is 24.1 Å². The monoisotopic (exact) mass is 366 g/mol. The van der Waals surface area contributed by atoms with Crippen molar-refractivity contribution in [1.82, 2.24) is 0 Å². The molecule has 0 saturated carbocycles. The lowest BCUT2D eigenvalue weighted by molar-refractivity contribution is 0.674. The minimum Gasteiger partial charge on any atom is -0.358 e. The molecule has 0 amide bonds. The van der Waals surface area contributed by atoms with Crippen molar-refractivity contribution in [3.8, 4) is 0 Å². The number of hydrogen-bond acceptors (Lipinski definition) is 2. The second kappa shape index (κ2) is 8.99. The first-order valence-corrected chi connectivity index (χ1v) is 11.1. The highest BCUT2D eigenvalue weighted by molar-refractivity contribution is 5.75. The first kappa shape index (κ1) is 20.0. The summed E-state index contributed by atoms with van der Waals surface area (Å²) < 4.78 is 0. The van der Waals surface area contributed by atoms with E-state index < -0.39 is 0 Å². The van der Waals surface area contributed by atoms with Gasteiger partial charge in [0.15, 0.2) is 0 Å². The molecule has 0 heterocycles. The van der Waals surface area contributed by atoms with Gasteiger partial charge in [0.1, 0.15) is 0 Å². The van der Waals surface area contributed by atoms with Crippen LogP contribution >= 0.6 is 0 Å². The number of rotatable bonds is 6. The first-order chi connectivity index (χ1) is 13.0. The molecule has 0 saturated heterocycles. The van der Waals surface area contributed by atoms with Crippen molar-refractivity contribution < 1.29 is 0 Å². The van der Waals surface area contributed by atoms with Gasteiger partial charge in [0.2, 0.25) is 0 Å². The average Bonchev–Trinajstić information content (AvgIpc) is 2.68. The molecule has 2 aliphatic rings. The van der Waals surface area contributed by atoms with E-state index in [0.717, 1.165) is 12.8 Å². The zero-order chi connectivity index (χ0) is 19.4. The molecule has 2 aliphatic carbocycles. The summed E-state index contributed by atoms with van der Waals surface area (Å²) in [4.78, 5) is 0. The van der Waals surface area contributed by atoms with Crippen LogP contribution in [0.4, 0.5) is 11.4 Å². The largest absolute Gasteiger partial charge is 0.358 e. The Balaban J connectivity index is 2.02. The molecule has 0 fully saturated rings. The fourth-order valence-corrected chi connectivity index (χ4v) is 4.62. The van der Waals surface area contributed by atoms with Crippen molar-refractivity contribution in [2.45, 2.75) is 98.8 Å². The maximum Gasteiger partial charge on any atom is 0.0465 e. The third-order valence-electron chi connectivity index (χ3n) is 6.54. The molecular formula is C25H38N2. The SMILES string of the molecule is CCc1cc(CC)c(NC2=C(C)CCCC2)c(C)c1NC1=C(C)CCCC1. The van der Waals surface area contributed by atoms with Crippen LogP contribution in [0.3, 0.4) is 0 Å². The van der Waals surface area contributed by atoms with Gasteiger partial charge in [-0.15, -0.1) is 0 Å². The molecule has 0 unspecified atom stereocenters. The second-order valence-electron chi connectivity index (χ2n) is 8.46. The predicted octanol–water partition coefficient (Wildman–Crippen LogP) is 7.64. The third-order valence-corrected chi connectivity index (χ3v) is 6.54. The summed E-state index contributed by atoms with van der Waals surface area (Å²) in [6, 6.07) is 2.44. The van der Waals surface area contributed by atoms with Gasteiger partial charge in [0.25, 0.3) is 0 Å². The van der Waals surface area contributed by atoms with Gasteiger partial charge < -0.3 is 10.6 Å². The molecule has 0 radical (unpaired) electrons. The third kappa shape index (κ3) is 4.42. The van der Waals surface area contributed by atoms with Crippen LogP contribution in [0.1, 0.15) is 95.8 Å². The van der Waals surface area contributed by atoms with Crippen molar-refractivity contribution in [2.24, 2.45) is 0 Å². The Labute approximate surface area is 166 Å². The van der Waals surface area contributed by atoms with E-state index in [2.05, 4.69) is 51.3 Å². The molecule has 0 aliphatic heterocycles. The first-order valence-electron chi connectivity index (χ1n) is 11.1. The van der Waals surface area contributed by atoms with Crippen LogP contribution in [0.2, 0.25) is 0 Å². The van der Waals surface area contributed by atoms with Crippen LogP contribution in [-0.2, 0) is 12.8 Å². The lowest BCUT2D eigenvalue weighted by Gasteiger charge is -2.27. The predicted molar refractivity (Wildman–Crippen MR) is 120 cm³/mol. The molecule has 0 bridgehead atoms. The number of hydrogen-bond donors (Lipinski definition) is 2. The highest BCUT2D eigenvalue weighted by Gasteiger charge is 2.18. The molecule has 1 aromatic carbocycles. The van der Waals surface area contributed by atoms with Crippen LogP contribution in [0.5, 0.6) is 0 Å². The molecule has 2 N–H and O–H groups in total. The van der Waals surface area contributed by atoms with E-state index >= 15 is 0 Å². The van der Waals surface area contributed by atoms with Crippen molar-refractivity contribution in [2.75, 3.05) is 10.6 Å². The standard InChI is InChI=1S/C25H38N2/c1-6-20-16-21(7-2)25(27-23-15-11-9-13-18(23)4)19(5)24(20)26-22-14-10-8-12-17(22)3/h16,26-27H,6-15H2,1-5H3. The average molecular weight is 367 g/mol. The molecule has 0 atom stereocenters. The Hall–Kier alpha value is -1.70. The summed E-state index contributed by atoms with van der Waals surface area (Å²) in [5.74, 6) is 0. The number of allylic oxidation sites excluding steroid dienone is 4. The van der Waals surface area contributed by atoms with Crippen LogP contribution < -0.4 is 10.6 Å². The van der Waals surface area contributed by atoms with E-state index in [4.69, 9.17) is 0 Å². The Morgan fingerprint density at radius 3 is 1.44 bits per heavy atom. The Bertz CT molecular complexity index is 692. The van der Waals surface area contributed by atoms with E-state index in [1.54, 1.807) is 11.1 Å². The van der Waals surface area contributed by atoms with Gasteiger partial charge in [-0.25, -0.2) is 0 Å². The summed E-state index contributed by atoms with van der Waals surface area (Å²) in [5.41, 5.74) is 13.0. The minimum atomic E-state index is 1.07. The number of aryl methyl sites for hydroxylation is 2. The Morgan fingerprint density at radius 1 is 0.667 bits per heavy atom. The molecule has 3 rings (SSSR count). The van der Waals surface area contributed by atoms with Gasteiger partial charge in [0, 0.05) is 22.8 Å². The summed E-state index contributed by atoms with van der Waals surface area (Å²) in [6.07, 6.45) is 12.3. The van der Waals surface area contributed by atoms with Crippen LogP contribution in [0, 0.1) is 6.92 Å². The van der Waals surface area contributed by atoms with Crippen molar-refractivity contribution in [3.05, 3.63) is 45.3 Å². The van der Waals surface area contributed by atoms with Crippen LogP contribution in [0.25, 0.3) is 0 Å². The summed E-state index contributed by atoms with van der Waals surface area (Å²) in [5, 5.41) is 7.76. The molecule has 148 valence electrons. The van der Waals surface area contributed by atoms with Crippen molar-refractivity contribution in [3.63, 3.8) is 0 Å². The molecule has 1 aromatic rings. The second-order valence-corrected chi connectivity index (χ2v) is 8.46. The molecule has 0 aromatic heterocycles. The van der Waals surface area contributed by atoms with Gasteiger partial charge in [-0.05, 0) is 102 Å². The molecular weight excluding hydrogens is 328 g/mol. The smallest absolute Gasteiger partial charge is 0.0465 e. The van der Waals surface area contributed by atoms with Gasteiger partial charge in [-0.1, -0.05) is 31.1 Å². The molecule has 27 heavy (non-hydrogen) atoms. The lowest BCUT2D eigenvalue weighted by Crippen LogP contribution is -2.14. The van der Waals surface area contributed by atoms with E-state index in [9.17, 15) is 0 Å². The number of nitrogens with one attached hydrogen (secondary N) is 2. The van der Waals surface area contributed by atoms with Gasteiger partial charge in [-0.3, -0.25) is 0 Å². The van der Waals surface area contributed by atoms with Gasteiger partial charge in [-0.2, -0.15) is 0 Å². The van der Waals surface area contributed by atoms with E-state index in [1.807, 2.05) is 0 Å². The molecule has 2 heteroatoms. The van der Waals surface area contributed by atoms with Gasteiger partial charge in [0.05, 0.1) is 0 Å². The normalized spacial score (nSPS) is 18.1. The number of benzene rings is 1. The fourth-order valence-electron chi connectivity index (χ4n) is 4.62.